The Morgan fingerprint density at radius 2 is 2.00 bits per heavy atom. The Labute approximate surface area is 236 Å². The minimum Gasteiger partial charge on any atom is -0.495 e. The molecule has 41 heavy (non-hydrogen) atoms. The molecule has 1 amide bonds. The van der Waals surface area contributed by atoms with Crippen LogP contribution in [0.15, 0.2) is 41.6 Å². The van der Waals surface area contributed by atoms with E-state index in [-0.39, 0.29) is 34.1 Å². The van der Waals surface area contributed by atoms with Gasteiger partial charge in [0, 0.05) is 30.4 Å². The van der Waals surface area contributed by atoms with E-state index >= 15 is 0 Å². The van der Waals surface area contributed by atoms with Crippen LogP contribution in [0, 0.1) is 17.8 Å². The minimum absolute atomic E-state index is 0.00682. The van der Waals surface area contributed by atoms with E-state index in [9.17, 15) is 26.4 Å². The van der Waals surface area contributed by atoms with Gasteiger partial charge in [0.05, 0.1) is 41.6 Å². The number of aromatic nitrogens is 2. The summed E-state index contributed by atoms with van der Waals surface area (Å²) in [6, 6.07) is 7.83. The molecule has 218 valence electrons. The Bertz CT molecular complexity index is 1660. The van der Waals surface area contributed by atoms with Gasteiger partial charge in [-0.15, -0.1) is 0 Å². The summed E-state index contributed by atoms with van der Waals surface area (Å²) in [4.78, 5) is 19.9. The summed E-state index contributed by atoms with van der Waals surface area (Å²) < 4.78 is 69.9. The molecule has 2 fully saturated rings. The molecular weight excluding hydrogens is 559 g/mol. The number of anilines is 1. The minimum atomic E-state index is -4.48. The van der Waals surface area contributed by atoms with Gasteiger partial charge in [0.1, 0.15) is 17.8 Å². The summed E-state index contributed by atoms with van der Waals surface area (Å²) in [6.07, 6.45) is -0.458. The molecule has 1 saturated heterocycles. The van der Waals surface area contributed by atoms with Crippen molar-refractivity contribution in [2.75, 3.05) is 38.8 Å². The van der Waals surface area contributed by atoms with Gasteiger partial charge in [-0.3, -0.25) is 4.79 Å². The van der Waals surface area contributed by atoms with Crippen molar-refractivity contribution >= 4 is 32.5 Å². The van der Waals surface area contributed by atoms with E-state index in [1.165, 1.54) is 31.4 Å². The number of piperidine rings is 1. The summed E-state index contributed by atoms with van der Waals surface area (Å²) in [5.41, 5.74) is 1.26. The van der Waals surface area contributed by atoms with Crippen LogP contribution in [0.4, 0.5) is 18.9 Å². The second-order valence-electron chi connectivity index (χ2n) is 10.6. The number of hydrogen-bond donors (Lipinski definition) is 2. The maximum absolute atomic E-state index is 13.4. The first kappa shape index (κ1) is 28.8. The zero-order chi connectivity index (χ0) is 29.5. The Balaban J connectivity index is 1.42. The number of sulfone groups is 1. The number of rotatable bonds is 7. The normalized spacial score (nSPS) is 20.6. The van der Waals surface area contributed by atoms with Crippen molar-refractivity contribution < 1.29 is 31.1 Å². The lowest BCUT2D eigenvalue weighted by atomic mass is 10.0. The zero-order valence-electron chi connectivity index (χ0n) is 22.7. The van der Waals surface area contributed by atoms with Gasteiger partial charge in [0.25, 0.3) is 5.91 Å². The van der Waals surface area contributed by atoms with Crippen molar-refractivity contribution in [2.24, 2.45) is 5.92 Å². The zero-order valence-corrected chi connectivity index (χ0v) is 23.6. The second kappa shape index (κ2) is 10.9. The number of fused-ring (bicyclic) bond motifs is 3. The van der Waals surface area contributed by atoms with Gasteiger partial charge in [-0.05, 0) is 56.1 Å². The summed E-state index contributed by atoms with van der Waals surface area (Å²) in [7, 11) is 0.0721. The van der Waals surface area contributed by atoms with E-state index in [0.29, 0.717) is 29.0 Å². The third kappa shape index (κ3) is 6.28. The van der Waals surface area contributed by atoms with Crippen molar-refractivity contribution in [3.05, 3.63) is 47.8 Å². The number of hydrogen-bond acceptors (Lipinski definition) is 7. The monoisotopic (exact) mass is 589 g/mol. The number of benzene rings is 2. The summed E-state index contributed by atoms with van der Waals surface area (Å²) in [5, 5.41) is 6.10. The highest BCUT2D eigenvalue weighted by Gasteiger charge is 2.43. The molecule has 0 spiro atoms. The predicted molar refractivity (Wildman–Crippen MR) is 148 cm³/mol. The van der Waals surface area contributed by atoms with Crippen molar-refractivity contribution in [2.45, 2.75) is 42.5 Å². The van der Waals surface area contributed by atoms with Crippen LogP contribution in [-0.2, 0) is 16.4 Å². The van der Waals surface area contributed by atoms with Crippen LogP contribution >= 0.6 is 0 Å². The van der Waals surface area contributed by atoms with Crippen LogP contribution in [-0.4, -0.2) is 80.5 Å². The number of halogens is 3. The number of imidazole rings is 1. The van der Waals surface area contributed by atoms with Crippen molar-refractivity contribution in [3.63, 3.8) is 0 Å². The Kier molecular flexibility index (Phi) is 7.65. The van der Waals surface area contributed by atoms with Crippen LogP contribution < -0.4 is 15.4 Å². The molecule has 0 radical (unpaired) electrons. The molecule has 2 bridgehead atoms. The number of nitrogens with zero attached hydrogens (tertiary/aromatic N) is 3. The molecular formula is C28H30F3N5O4S. The van der Waals surface area contributed by atoms with Gasteiger partial charge >= 0.3 is 6.18 Å². The Morgan fingerprint density at radius 1 is 1.22 bits per heavy atom. The molecule has 1 saturated carbocycles. The van der Waals surface area contributed by atoms with Gasteiger partial charge in [-0.25, -0.2) is 13.4 Å². The SMILES string of the molecule is COc1ccc(S(C)(=O)=O)cc1NCC#Cc1cc(C(=O)NC2CC3CC2CN3C)c2ncn(CC(F)(F)F)c2c1. The molecule has 2 aromatic carbocycles. The maximum Gasteiger partial charge on any atom is 0.406 e. The number of ether oxygens (including phenoxy) is 1. The summed E-state index contributed by atoms with van der Waals surface area (Å²) >= 11 is 0. The smallest absolute Gasteiger partial charge is 0.406 e. The van der Waals surface area contributed by atoms with E-state index in [4.69, 9.17) is 4.74 Å². The Hall–Kier alpha value is -3.76. The molecule has 9 nitrogen and oxygen atoms in total. The second-order valence-corrected chi connectivity index (χ2v) is 12.6. The maximum atomic E-state index is 13.4. The highest BCUT2D eigenvalue weighted by atomic mass is 32.2. The average Bonchev–Trinajstić information content (AvgIpc) is 3.58. The third-order valence-electron chi connectivity index (χ3n) is 7.65. The van der Waals surface area contributed by atoms with Gasteiger partial charge < -0.3 is 24.8 Å². The van der Waals surface area contributed by atoms with E-state index in [2.05, 4.69) is 39.4 Å². The quantitative estimate of drug-likeness (QED) is 0.408. The Morgan fingerprint density at radius 3 is 2.63 bits per heavy atom. The van der Waals surface area contributed by atoms with Gasteiger partial charge in [0.2, 0.25) is 0 Å². The first-order chi connectivity index (χ1) is 19.3. The van der Waals surface area contributed by atoms with E-state index in [1.807, 2.05) is 0 Å². The van der Waals surface area contributed by atoms with Gasteiger partial charge in [0.15, 0.2) is 9.84 Å². The molecule has 3 aromatic rings. The summed E-state index contributed by atoms with van der Waals surface area (Å²) in [5.74, 6) is 6.17. The molecule has 5 rings (SSSR count). The first-order valence-corrected chi connectivity index (χ1v) is 14.9. The standard InChI is InChI=1S/C28H30F3N5O4S/c1-35-14-18-11-19(35)12-22(18)34-27(37)21-9-17(10-24-26(21)33-16-36(24)15-28(29,30)31)5-4-8-32-23-13-20(41(3,38)39)6-7-25(23)40-2/h6-7,9-10,13,16,18-19,22,32H,8,11-12,14-15H2,1-3H3,(H,34,37). The fourth-order valence-corrected chi connectivity index (χ4v) is 6.32. The predicted octanol–water partition coefficient (Wildman–Crippen LogP) is 3.30. The fraction of sp³-hybridized carbons (Fsp3) is 0.429. The lowest BCUT2D eigenvalue weighted by Crippen LogP contribution is -2.44. The average molecular weight is 590 g/mol. The van der Waals surface area contributed by atoms with Crippen molar-refractivity contribution in [3.8, 4) is 17.6 Å². The lowest BCUT2D eigenvalue weighted by Gasteiger charge is -2.29. The molecule has 2 aliphatic rings. The molecule has 2 N–H and O–H groups in total. The first-order valence-electron chi connectivity index (χ1n) is 13.0. The molecule has 3 atom stereocenters. The molecule has 13 heteroatoms. The fourth-order valence-electron chi connectivity index (χ4n) is 5.67. The van der Waals surface area contributed by atoms with Gasteiger partial charge in [-0.1, -0.05) is 11.8 Å². The number of likely N-dealkylation sites (tertiary alicyclic amines) is 1. The molecule has 1 aliphatic heterocycles. The number of amides is 1. The van der Waals surface area contributed by atoms with E-state index < -0.39 is 28.5 Å². The van der Waals surface area contributed by atoms with Crippen molar-refractivity contribution in [1.29, 1.82) is 0 Å². The van der Waals surface area contributed by atoms with Crippen molar-refractivity contribution in [1.82, 2.24) is 19.8 Å². The van der Waals surface area contributed by atoms with Crippen LogP contribution in [0.5, 0.6) is 5.75 Å². The number of carbonyl (C=O) groups is 1. The third-order valence-corrected chi connectivity index (χ3v) is 8.76. The van der Waals surface area contributed by atoms with Gasteiger partial charge in [-0.2, -0.15) is 13.2 Å². The van der Waals surface area contributed by atoms with Crippen LogP contribution in [0.1, 0.15) is 28.8 Å². The van der Waals surface area contributed by atoms with E-state index in [0.717, 1.165) is 36.5 Å². The lowest BCUT2D eigenvalue weighted by molar-refractivity contribution is -0.139. The number of methoxy groups -OCH3 is 1. The molecule has 2 heterocycles. The number of carbonyl (C=O) groups excluding carboxylic acids is 1. The van der Waals surface area contributed by atoms with Crippen LogP contribution in [0.2, 0.25) is 0 Å². The van der Waals surface area contributed by atoms with Crippen LogP contribution in [0.25, 0.3) is 11.0 Å². The molecule has 1 aromatic heterocycles. The van der Waals surface area contributed by atoms with E-state index in [1.54, 1.807) is 6.07 Å². The molecule has 3 unspecified atom stereocenters. The molecule has 1 aliphatic carbocycles. The van der Waals surface area contributed by atoms with Crippen LogP contribution in [0.3, 0.4) is 0 Å². The number of alkyl halides is 3. The highest BCUT2D eigenvalue weighted by Crippen LogP contribution is 2.37. The largest absolute Gasteiger partial charge is 0.495 e. The summed E-state index contributed by atoms with van der Waals surface area (Å²) in [6.45, 7) is -0.288. The topological polar surface area (TPSA) is 106 Å². The number of nitrogens with one attached hydrogen (secondary N) is 2. The highest BCUT2D eigenvalue weighted by molar-refractivity contribution is 7.90.